The number of nitro benzene ring substituents is 1. The molecule has 0 aliphatic rings. The van der Waals surface area contributed by atoms with Crippen molar-refractivity contribution < 1.29 is 15.1 Å². The van der Waals surface area contributed by atoms with Gasteiger partial charge in [0.05, 0.1) is 9.40 Å². The maximum Gasteiger partial charge on any atom is 0.271 e. The smallest absolute Gasteiger partial charge is 0.271 e. The van der Waals surface area contributed by atoms with Gasteiger partial charge in [-0.2, -0.15) is 0 Å². The Morgan fingerprint density at radius 2 is 2.12 bits per heavy atom. The Morgan fingerprint density at radius 1 is 1.53 bits per heavy atom. The lowest BCUT2D eigenvalue weighted by Crippen LogP contribution is -2.12. The SMILES string of the molecule is Cl.N[C@@H](CCO)c1cc([N+](=O)[O-])cc(Br)c1O. The van der Waals surface area contributed by atoms with Gasteiger partial charge in [-0.15, -0.1) is 12.4 Å². The Bertz CT molecular complexity index is 416. The largest absolute Gasteiger partial charge is 0.506 e. The van der Waals surface area contributed by atoms with Crippen LogP contribution in [0.3, 0.4) is 0 Å². The number of benzene rings is 1. The standard InChI is InChI=1S/C9H11BrN2O4.ClH/c10-7-4-5(12(15)16)3-6(9(7)14)8(11)1-2-13;/h3-4,8,13-14H,1-2,11H2;1H/t8-;/m0./s1. The summed E-state index contributed by atoms with van der Waals surface area (Å²) < 4.78 is 0.213. The van der Waals surface area contributed by atoms with Crippen LogP contribution in [0.15, 0.2) is 16.6 Å². The molecule has 1 rings (SSSR count). The first-order valence-electron chi connectivity index (χ1n) is 4.50. The van der Waals surface area contributed by atoms with Gasteiger partial charge in [0.25, 0.3) is 5.69 Å². The van der Waals surface area contributed by atoms with Crippen molar-refractivity contribution in [1.82, 2.24) is 0 Å². The van der Waals surface area contributed by atoms with Crippen LogP contribution >= 0.6 is 28.3 Å². The number of nitro groups is 1. The molecule has 96 valence electrons. The maximum absolute atomic E-state index is 10.6. The molecule has 17 heavy (non-hydrogen) atoms. The molecule has 0 saturated carbocycles. The summed E-state index contributed by atoms with van der Waals surface area (Å²) in [5, 5.41) is 29.0. The summed E-state index contributed by atoms with van der Waals surface area (Å²) in [5.41, 5.74) is 5.77. The highest BCUT2D eigenvalue weighted by atomic mass is 79.9. The van der Waals surface area contributed by atoms with Crippen molar-refractivity contribution in [2.75, 3.05) is 6.61 Å². The van der Waals surface area contributed by atoms with E-state index in [9.17, 15) is 15.2 Å². The Labute approximate surface area is 112 Å². The van der Waals surface area contributed by atoms with Gasteiger partial charge in [-0.1, -0.05) is 0 Å². The summed E-state index contributed by atoms with van der Waals surface area (Å²) in [7, 11) is 0. The molecule has 0 heterocycles. The second-order valence-corrected chi connectivity index (χ2v) is 4.10. The molecule has 0 bridgehead atoms. The lowest BCUT2D eigenvalue weighted by Gasteiger charge is -2.13. The molecule has 0 aromatic heterocycles. The van der Waals surface area contributed by atoms with E-state index in [0.717, 1.165) is 0 Å². The molecular weight excluding hydrogens is 315 g/mol. The zero-order valence-electron chi connectivity index (χ0n) is 8.67. The topological polar surface area (TPSA) is 110 Å². The number of non-ortho nitro benzene ring substituents is 1. The Morgan fingerprint density at radius 3 is 2.59 bits per heavy atom. The van der Waals surface area contributed by atoms with Gasteiger partial charge in [-0.05, 0) is 22.4 Å². The van der Waals surface area contributed by atoms with Gasteiger partial charge in [-0.3, -0.25) is 10.1 Å². The number of aliphatic hydroxyl groups excluding tert-OH is 1. The number of halogens is 2. The first kappa shape index (κ1) is 16.1. The molecule has 0 aliphatic carbocycles. The fraction of sp³-hybridized carbons (Fsp3) is 0.333. The quantitative estimate of drug-likeness (QED) is 0.577. The number of phenolic OH excluding ortho intramolecular Hbond substituents is 1. The monoisotopic (exact) mass is 326 g/mol. The molecule has 0 amide bonds. The number of rotatable bonds is 4. The number of phenols is 1. The van der Waals surface area contributed by atoms with Crippen molar-refractivity contribution in [2.45, 2.75) is 12.5 Å². The number of aromatic hydroxyl groups is 1. The first-order chi connectivity index (χ1) is 7.47. The fourth-order valence-corrected chi connectivity index (χ4v) is 1.75. The van der Waals surface area contributed by atoms with Gasteiger partial charge in [0.2, 0.25) is 0 Å². The molecule has 1 aromatic rings. The average Bonchev–Trinajstić information content (AvgIpc) is 2.21. The van der Waals surface area contributed by atoms with Gasteiger partial charge in [-0.25, -0.2) is 0 Å². The van der Waals surface area contributed by atoms with Crippen molar-refractivity contribution in [3.8, 4) is 5.75 Å². The molecule has 4 N–H and O–H groups in total. The average molecular weight is 328 g/mol. The Kier molecular flexibility index (Phi) is 6.40. The highest BCUT2D eigenvalue weighted by Crippen LogP contribution is 2.35. The van der Waals surface area contributed by atoms with Crippen molar-refractivity contribution in [2.24, 2.45) is 5.73 Å². The summed E-state index contributed by atoms with van der Waals surface area (Å²) >= 11 is 3.01. The third-order valence-electron chi connectivity index (χ3n) is 2.13. The molecule has 6 nitrogen and oxygen atoms in total. The van der Waals surface area contributed by atoms with Crippen LogP contribution in [-0.2, 0) is 0 Å². The third-order valence-corrected chi connectivity index (χ3v) is 2.73. The van der Waals surface area contributed by atoms with E-state index in [1.165, 1.54) is 12.1 Å². The molecule has 0 radical (unpaired) electrons. The van der Waals surface area contributed by atoms with Gasteiger partial charge >= 0.3 is 0 Å². The van der Waals surface area contributed by atoms with E-state index in [4.69, 9.17) is 10.8 Å². The minimum Gasteiger partial charge on any atom is -0.506 e. The van der Waals surface area contributed by atoms with Crippen LogP contribution in [0.1, 0.15) is 18.0 Å². The number of hydrogen-bond donors (Lipinski definition) is 3. The second-order valence-electron chi connectivity index (χ2n) is 3.24. The van der Waals surface area contributed by atoms with Crippen LogP contribution in [0, 0.1) is 10.1 Å². The van der Waals surface area contributed by atoms with Gasteiger partial charge in [0.1, 0.15) is 5.75 Å². The van der Waals surface area contributed by atoms with E-state index >= 15 is 0 Å². The van der Waals surface area contributed by atoms with Crippen molar-refractivity contribution in [3.63, 3.8) is 0 Å². The molecule has 1 atom stereocenters. The highest BCUT2D eigenvalue weighted by Gasteiger charge is 2.18. The highest BCUT2D eigenvalue weighted by molar-refractivity contribution is 9.10. The maximum atomic E-state index is 10.6. The molecule has 0 spiro atoms. The predicted molar refractivity (Wildman–Crippen MR) is 68.3 cm³/mol. The zero-order chi connectivity index (χ0) is 12.3. The Hall–Kier alpha value is -0.890. The first-order valence-corrected chi connectivity index (χ1v) is 5.30. The molecule has 1 aromatic carbocycles. The molecule has 8 heteroatoms. The number of hydrogen-bond acceptors (Lipinski definition) is 5. The van der Waals surface area contributed by atoms with Crippen LogP contribution in [0.4, 0.5) is 5.69 Å². The minimum atomic E-state index is -0.638. The number of nitrogens with two attached hydrogens (primary N) is 1. The summed E-state index contributed by atoms with van der Waals surface area (Å²) in [6.07, 6.45) is 0.223. The lowest BCUT2D eigenvalue weighted by molar-refractivity contribution is -0.385. The summed E-state index contributed by atoms with van der Waals surface area (Å²) in [6.45, 7) is -0.152. The molecule has 0 unspecified atom stereocenters. The normalized spacial score (nSPS) is 11.7. The van der Waals surface area contributed by atoms with Crippen LogP contribution < -0.4 is 5.73 Å². The second kappa shape index (κ2) is 6.75. The van der Waals surface area contributed by atoms with Crippen molar-refractivity contribution in [1.29, 1.82) is 0 Å². The lowest BCUT2D eigenvalue weighted by atomic mass is 10.0. The van der Waals surface area contributed by atoms with Crippen LogP contribution in [0.25, 0.3) is 0 Å². The van der Waals surface area contributed by atoms with Gasteiger partial charge in [0.15, 0.2) is 0 Å². The molecule has 0 saturated heterocycles. The number of aliphatic hydroxyl groups is 1. The third kappa shape index (κ3) is 3.81. The predicted octanol–water partition coefficient (Wildman–Crippen LogP) is 1.87. The van der Waals surface area contributed by atoms with E-state index in [-0.39, 0.29) is 46.9 Å². The zero-order valence-corrected chi connectivity index (χ0v) is 11.1. The minimum absolute atomic E-state index is 0. The van der Waals surface area contributed by atoms with E-state index in [0.29, 0.717) is 0 Å². The fourth-order valence-electron chi connectivity index (χ4n) is 1.29. The van der Waals surface area contributed by atoms with E-state index in [1.807, 2.05) is 0 Å². The van der Waals surface area contributed by atoms with Crippen LogP contribution in [-0.4, -0.2) is 21.7 Å². The van der Waals surface area contributed by atoms with E-state index in [2.05, 4.69) is 15.9 Å². The summed E-state index contributed by atoms with van der Waals surface area (Å²) in [4.78, 5) is 10.0. The van der Waals surface area contributed by atoms with Crippen LogP contribution in [0.2, 0.25) is 0 Å². The molecular formula is C9H12BrClN2O4. The molecule has 0 aliphatic heterocycles. The molecule has 0 fully saturated rings. The number of nitrogens with zero attached hydrogens (tertiary/aromatic N) is 1. The Balaban J connectivity index is 0.00000256. The van der Waals surface area contributed by atoms with Gasteiger partial charge in [0, 0.05) is 30.3 Å². The summed E-state index contributed by atoms with van der Waals surface area (Å²) in [6, 6.07) is 1.77. The van der Waals surface area contributed by atoms with E-state index in [1.54, 1.807) is 0 Å². The van der Waals surface area contributed by atoms with Crippen molar-refractivity contribution >= 4 is 34.0 Å². The summed E-state index contributed by atoms with van der Waals surface area (Å²) in [5.74, 6) is -0.133. The van der Waals surface area contributed by atoms with Crippen molar-refractivity contribution in [3.05, 3.63) is 32.3 Å². The van der Waals surface area contributed by atoms with Gasteiger partial charge < -0.3 is 15.9 Å². The van der Waals surface area contributed by atoms with Crippen LogP contribution in [0.5, 0.6) is 5.75 Å². The van der Waals surface area contributed by atoms with E-state index < -0.39 is 11.0 Å².